The van der Waals surface area contributed by atoms with Crippen LogP contribution in [0.5, 0.6) is 0 Å². The maximum atomic E-state index is 11.8. The highest BCUT2D eigenvalue weighted by molar-refractivity contribution is 5.89. The van der Waals surface area contributed by atoms with Gasteiger partial charge in [-0.3, -0.25) is 14.4 Å². The second kappa shape index (κ2) is 7.65. The number of carboxylic acid groups (broad SMARTS) is 1. The van der Waals surface area contributed by atoms with Crippen LogP contribution in [0.3, 0.4) is 0 Å². The molecule has 0 rings (SSSR count). The Kier molecular flexibility index (Phi) is 6.96. The fraction of sp³-hybridized carbons (Fsp3) is 0.727. The zero-order valence-electron chi connectivity index (χ0n) is 11.0. The van der Waals surface area contributed by atoms with Gasteiger partial charge in [0.1, 0.15) is 0 Å². The molecule has 18 heavy (non-hydrogen) atoms. The van der Waals surface area contributed by atoms with Crippen molar-refractivity contribution < 1.29 is 19.5 Å². The van der Waals surface area contributed by atoms with Gasteiger partial charge in [-0.05, 0) is 20.8 Å². The number of amides is 2. The number of carboxylic acids is 1. The minimum atomic E-state index is -1.14. The largest absolute Gasteiger partial charge is 0.481 e. The summed E-state index contributed by atoms with van der Waals surface area (Å²) in [6.07, 6.45) is -0.443. The van der Waals surface area contributed by atoms with Crippen LogP contribution in [0.1, 0.15) is 27.2 Å². The van der Waals surface area contributed by atoms with Gasteiger partial charge in [0.05, 0.1) is 19.0 Å². The highest BCUT2D eigenvalue weighted by Crippen LogP contribution is 1.98. The van der Waals surface area contributed by atoms with Crippen molar-refractivity contribution >= 4 is 17.8 Å². The number of nitrogens with two attached hydrogens (primary N) is 1. The summed E-state index contributed by atoms with van der Waals surface area (Å²) in [4.78, 5) is 35.0. The van der Waals surface area contributed by atoms with Crippen LogP contribution in [-0.2, 0) is 14.4 Å². The Balaban J connectivity index is 4.44. The van der Waals surface area contributed by atoms with Crippen LogP contribution >= 0.6 is 0 Å². The molecule has 0 aliphatic heterocycles. The number of hydrogen-bond acceptors (Lipinski definition) is 4. The maximum absolute atomic E-state index is 11.8. The number of carbonyl (C=O) groups excluding carboxylic acids is 2. The Morgan fingerprint density at radius 2 is 1.89 bits per heavy atom. The first-order valence-electron chi connectivity index (χ1n) is 5.83. The van der Waals surface area contributed by atoms with Gasteiger partial charge in [-0.2, -0.15) is 0 Å². The molecule has 0 spiro atoms. The topological polar surface area (TPSA) is 113 Å². The minimum absolute atomic E-state index is 0.0148. The molecular formula is C11H21N3O4. The van der Waals surface area contributed by atoms with Crippen molar-refractivity contribution in [3.63, 3.8) is 0 Å². The first kappa shape index (κ1) is 16.4. The van der Waals surface area contributed by atoms with Gasteiger partial charge in [-0.25, -0.2) is 0 Å². The lowest BCUT2D eigenvalue weighted by Gasteiger charge is -2.23. The predicted molar refractivity (Wildman–Crippen MR) is 65.8 cm³/mol. The van der Waals surface area contributed by atoms with Crippen LogP contribution in [0.4, 0.5) is 0 Å². The van der Waals surface area contributed by atoms with E-state index >= 15 is 0 Å². The number of nitrogens with zero attached hydrogens (tertiary/aromatic N) is 1. The van der Waals surface area contributed by atoms with E-state index in [9.17, 15) is 14.4 Å². The normalized spacial score (nSPS) is 12.1. The van der Waals surface area contributed by atoms with E-state index in [1.54, 1.807) is 6.92 Å². The van der Waals surface area contributed by atoms with E-state index in [1.165, 1.54) is 4.90 Å². The number of likely N-dealkylation sites (N-methyl/N-ethyl adjacent to an activating group) is 1. The van der Waals surface area contributed by atoms with Gasteiger partial charge in [0.15, 0.2) is 0 Å². The lowest BCUT2D eigenvalue weighted by atomic mass is 10.2. The molecule has 0 saturated heterocycles. The van der Waals surface area contributed by atoms with Crippen molar-refractivity contribution in [3.05, 3.63) is 0 Å². The van der Waals surface area contributed by atoms with E-state index in [4.69, 9.17) is 10.8 Å². The summed E-state index contributed by atoms with van der Waals surface area (Å²) in [6.45, 7) is 5.52. The van der Waals surface area contributed by atoms with Gasteiger partial charge < -0.3 is 21.1 Å². The van der Waals surface area contributed by atoms with Crippen molar-refractivity contribution in [2.24, 2.45) is 5.73 Å². The molecule has 104 valence electrons. The molecule has 0 fully saturated rings. The van der Waals surface area contributed by atoms with Crippen molar-refractivity contribution in [2.75, 3.05) is 13.1 Å². The molecule has 0 aromatic rings. The number of aliphatic carboxylic acids is 1. The van der Waals surface area contributed by atoms with E-state index < -0.39 is 24.3 Å². The molecule has 4 N–H and O–H groups in total. The molecule has 7 heteroatoms. The summed E-state index contributed by atoms with van der Waals surface area (Å²) < 4.78 is 0. The molecule has 0 aliphatic carbocycles. The fourth-order valence-corrected chi connectivity index (χ4v) is 1.40. The average molecular weight is 259 g/mol. The Labute approximate surface area is 106 Å². The lowest BCUT2D eigenvalue weighted by Crippen LogP contribution is -2.49. The summed E-state index contributed by atoms with van der Waals surface area (Å²) in [6, 6.07) is -1.13. The third-order valence-corrected chi connectivity index (χ3v) is 2.19. The van der Waals surface area contributed by atoms with E-state index in [-0.39, 0.29) is 18.5 Å². The maximum Gasteiger partial charge on any atom is 0.305 e. The molecule has 2 amide bonds. The minimum Gasteiger partial charge on any atom is -0.481 e. The van der Waals surface area contributed by atoms with Crippen LogP contribution in [0.25, 0.3) is 0 Å². The summed E-state index contributed by atoms with van der Waals surface area (Å²) in [5, 5.41) is 11.2. The van der Waals surface area contributed by atoms with Crippen LogP contribution in [0.15, 0.2) is 0 Å². The Bertz CT molecular complexity index is 317. The van der Waals surface area contributed by atoms with E-state index in [1.807, 2.05) is 13.8 Å². The number of hydrogen-bond donors (Lipinski definition) is 3. The summed E-state index contributed by atoms with van der Waals surface area (Å²) in [7, 11) is 0. The number of nitrogens with one attached hydrogen (secondary N) is 1. The smallest absolute Gasteiger partial charge is 0.305 e. The molecular weight excluding hydrogens is 238 g/mol. The lowest BCUT2D eigenvalue weighted by molar-refractivity contribution is -0.142. The predicted octanol–water partition coefficient (Wildman–Crippen LogP) is -0.838. The van der Waals surface area contributed by atoms with Crippen LogP contribution in [0.2, 0.25) is 0 Å². The fourth-order valence-electron chi connectivity index (χ4n) is 1.40. The van der Waals surface area contributed by atoms with Gasteiger partial charge in [0.2, 0.25) is 11.8 Å². The van der Waals surface area contributed by atoms with Crippen LogP contribution in [0, 0.1) is 0 Å². The highest BCUT2D eigenvalue weighted by Gasteiger charge is 2.23. The molecule has 0 radical (unpaired) electrons. The number of carbonyl (C=O) groups is 3. The highest BCUT2D eigenvalue weighted by atomic mass is 16.4. The Morgan fingerprint density at radius 3 is 2.28 bits per heavy atom. The summed E-state index contributed by atoms with van der Waals surface area (Å²) in [5.74, 6) is -1.96. The van der Waals surface area contributed by atoms with Crippen molar-refractivity contribution in [3.8, 4) is 0 Å². The Morgan fingerprint density at radius 1 is 1.33 bits per heavy atom. The quantitative estimate of drug-likeness (QED) is 0.552. The zero-order valence-corrected chi connectivity index (χ0v) is 11.0. The standard InChI is InChI=1S/C11H21N3O4/c1-4-14(6-9(15)13-7(2)3)11(18)8(12)5-10(16)17/h7-8H,4-6,12H2,1-3H3,(H,13,15)(H,16,17). The SMILES string of the molecule is CCN(CC(=O)NC(C)C)C(=O)C(N)CC(=O)O. The van der Waals surface area contributed by atoms with Crippen molar-refractivity contribution in [1.29, 1.82) is 0 Å². The summed E-state index contributed by atoms with van der Waals surface area (Å²) >= 11 is 0. The van der Waals surface area contributed by atoms with E-state index in [0.717, 1.165) is 0 Å². The van der Waals surface area contributed by atoms with Crippen molar-refractivity contribution in [2.45, 2.75) is 39.3 Å². The van der Waals surface area contributed by atoms with Crippen molar-refractivity contribution in [1.82, 2.24) is 10.2 Å². The molecule has 1 atom stereocenters. The third kappa shape index (κ3) is 6.19. The zero-order chi connectivity index (χ0) is 14.3. The molecule has 0 aromatic carbocycles. The van der Waals surface area contributed by atoms with Crippen LogP contribution in [-0.4, -0.2) is 53.0 Å². The second-order valence-electron chi connectivity index (χ2n) is 4.28. The number of rotatable bonds is 7. The van der Waals surface area contributed by atoms with Crippen LogP contribution < -0.4 is 11.1 Å². The van der Waals surface area contributed by atoms with Gasteiger partial charge >= 0.3 is 5.97 Å². The van der Waals surface area contributed by atoms with Gasteiger partial charge in [0.25, 0.3) is 0 Å². The molecule has 1 unspecified atom stereocenters. The molecule has 0 aliphatic rings. The van der Waals surface area contributed by atoms with Gasteiger partial charge in [0, 0.05) is 12.6 Å². The third-order valence-electron chi connectivity index (χ3n) is 2.19. The van der Waals surface area contributed by atoms with Gasteiger partial charge in [-0.1, -0.05) is 0 Å². The summed E-state index contributed by atoms with van der Waals surface area (Å²) in [5.41, 5.74) is 5.47. The average Bonchev–Trinajstić information content (AvgIpc) is 2.22. The first-order chi connectivity index (χ1) is 8.27. The molecule has 0 saturated carbocycles. The second-order valence-corrected chi connectivity index (χ2v) is 4.28. The molecule has 0 bridgehead atoms. The molecule has 0 aromatic heterocycles. The molecule has 7 nitrogen and oxygen atoms in total. The first-order valence-corrected chi connectivity index (χ1v) is 5.83. The monoisotopic (exact) mass is 259 g/mol. The van der Waals surface area contributed by atoms with Gasteiger partial charge in [-0.15, -0.1) is 0 Å². The Hall–Kier alpha value is -1.63. The van der Waals surface area contributed by atoms with E-state index in [2.05, 4.69) is 5.32 Å². The molecule has 0 heterocycles. The van der Waals surface area contributed by atoms with E-state index in [0.29, 0.717) is 6.54 Å².